The lowest BCUT2D eigenvalue weighted by Gasteiger charge is -2.17. The van der Waals surface area contributed by atoms with E-state index < -0.39 is 15.4 Å². The van der Waals surface area contributed by atoms with Crippen LogP contribution in [0.3, 0.4) is 0 Å². The van der Waals surface area contributed by atoms with Gasteiger partial charge < -0.3 is 5.32 Å². The lowest BCUT2D eigenvalue weighted by Crippen LogP contribution is -2.28. The zero-order valence-corrected chi connectivity index (χ0v) is 19.0. The smallest absolute Gasteiger partial charge is 0.242 e. The summed E-state index contributed by atoms with van der Waals surface area (Å²) in [4.78, 5) is 23.6. The van der Waals surface area contributed by atoms with Crippen molar-refractivity contribution in [3.05, 3.63) is 59.7 Å². The van der Waals surface area contributed by atoms with Gasteiger partial charge in [0.05, 0.1) is 16.4 Å². The number of anilines is 1. The topological polar surface area (TPSA) is 107 Å². The van der Waals surface area contributed by atoms with Crippen molar-refractivity contribution in [3.63, 3.8) is 0 Å². The van der Waals surface area contributed by atoms with Gasteiger partial charge in [-0.3, -0.25) is 9.59 Å². The molecule has 31 heavy (non-hydrogen) atoms. The molecule has 0 aliphatic heterocycles. The summed E-state index contributed by atoms with van der Waals surface area (Å²) in [5.74, 6) is -0.351. The van der Waals surface area contributed by atoms with Crippen LogP contribution in [0, 0.1) is 11.3 Å². The van der Waals surface area contributed by atoms with E-state index in [0.717, 1.165) is 5.56 Å². The van der Waals surface area contributed by atoms with E-state index in [1.807, 2.05) is 13.8 Å². The van der Waals surface area contributed by atoms with Crippen molar-refractivity contribution < 1.29 is 18.0 Å². The van der Waals surface area contributed by atoms with E-state index in [1.54, 1.807) is 24.3 Å². The van der Waals surface area contributed by atoms with Crippen LogP contribution >= 0.6 is 0 Å². The highest BCUT2D eigenvalue weighted by Crippen LogP contribution is 2.23. The first-order valence-electron chi connectivity index (χ1n) is 9.86. The average Bonchev–Trinajstić information content (AvgIpc) is 2.74. The quantitative estimate of drug-likeness (QED) is 0.597. The minimum absolute atomic E-state index is 0.102. The molecule has 0 spiro atoms. The van der Waals surface area contributed by atoms with Gasteiger partial charge in [0.15, 0.2) is 5.78 Å². The normalized spacial score (nSPS) is 11.7. The van der Waals surface area contributed by atoms with Crippen LogP contribution < -0.4 is 5.32 Å². The summed E-state index contributed by atoms with van der Waals surface area (Å²) in [6.45, 7) is 5.24. The lowest BCUT2D eigenvalue weighted by molar-refractivity contribution is -0.116. The van der Waals surface area contributed by atoms with Crippen LogP contribution in [0.4, 0.5) is 5.69 Å². The van der Waals surface area contributed by atoms with Gasteiger partial charge in [-0.2, -0.15) is 5.26 Å². The Bertz CT molecular complexity index is 1080. The van der Waals surface area contributed by atoms with Gasteiger partial charge >= 0.3 is 0 Å². The molecule has 164 valence electrons. The van der Waals surface area contributed by atoms with Gasteiger partial charge in [-0.1, -0.05) is 24.3 Å². The van der Waals surface area contributed by atoms with Gasteiger partial charge in [-0.05, 0) is 57.0 Å². The van der Waals surface area contributed by atoms with E-state index in [4.69, 9.17) is 0 Å². The Labute approximate surface area is 183 Å². The van der Waals surface area contributed by atoms with Crippen molar-refractivity contribution in [2.24, 2.45) is 0 Å². The third-order valence-electron chi connectivity index (χ3n) is 5.02. The van der Waals surface area contributed by atoms with Gasteiger partial charge in [0.2, 0.25) is 15.9 Å². The molecular formula is C23H27N3O4S. The molecule has 0 saturated heterocycles. The predicted octanol–water partition coefficient (Wildman–Crippen LogP) is 3.73. The van der Waals surface area contributed by atoms with E-state index in [2.05, 4.69) is 11.4 Å². The first-order chi connectivity index (χ1) is 14.5. The molecule has 0 aliphatic rings. The molecule has 1 amide bonds. The molecule has 0 bridgehead atoms. The van der Waals surface area contributed by atoms with Crippen molar-refractivity contribution in [1.29, 1.82) is 5.26 Å². The molecule has 2 aromatic carbocycles. The number of carbonyl (C=O) groups excluding carboxylic acids is 2. The monoisotopic (exact) mass is 441 g/mol. The molecule has 2 aromatic rings. The number of benzene rings is 2. The van der Waals surface area contributed by atoms with Crippen molar-refractivity contribution >= 4 is 27.4 Å². The Hall–Kier alpha value is -3.02. The fourth-order valence-electron chi connectivity index (χ4n) is 2.88. The summed E-state index contributed by atoms with van der Waals surface area (Å²) in [6.07, 6.45) is 0.515. The zero-order valence-electron chi connectivity index (χ0n) is 18.2. The third kappa shape index (κ3) is 6.23. The summed E-state index contributed by atoms with van der Waals surface area (Å²) in [5.41, 5.74) is 1.32. The van der Waals surface area contributed by atoms with Gasteiger partial charge in [0, 0.05) is 31.3 Å². The van der Waals surface area contributed by atoms with Crippen LogP contribution in [-0.2, 0) is 20.2 Å². The molecule has 0 unspecified atom stereocenters. The number of nitrogens with zero attached hydrogens (tertiary/aromatic N) is 2. The van der Waals surface area contributed by atoms with Crippen molar-refractivity contribution in [2.75, 3.05) is 18.9 Å². The summed E-state index contributed by atoms with van der Waals surface area (Å²) in [5, 5.41) is 12.0. The number of amides is 1. The maximum absolute atomic E-state index is 12.6. The molecule has 2 rings (SSSR count). The average molecular weight is 442 g/mol. The molecule has 0 aliphatic carbocycles. The maximum atomic E-state index is 12.6. The Morgan fingerprint density at radius 3 is 2.16 bits per heavy atom. The minimum atomic E-state index is -3.70. The molecule has 8 heteroatoms. The summed E-state index contributed by atoms with van der Waals surface area (Å²) >= 11 is 0. The molecule has 0 atom stereocenters. The molecule has 1 N–H and O–H groups in total. The standard InChI is InChI=1S/C23H27N3O4S/c1-17(27)18-7-13-21(14-8-18)31(29,30)26(4)15-5-6-22(28)25-20-11-9-19(10-12-20)23(2,3)16-24/h7-14H,5-6,15H2,1-4H3,(H,25,28). The molecule has 0 aromatic heterocycles. The Balaban J connectivity index is 1.88. The largest absolute Gasteiger partial charge is 0.326 e. The van der Waals surface area contributed by atoms with Crippen LogP contribution in [0.5, 0.6) is 0 Å². The summed E-state index contributed by atoms with van der Waals surface area (Å²) in [7, 11) is -2.24. The highest BCUT2D eigenvalue weighted by Gasteiger charge is 2.21. The van der Waals surface area contributed by atoms with Crippen LogP contribution in [0.25, 0.3) is 0 Å². The number of nitrogens with one attached hydrogen (secondary N) is 1. The number of nitriles is 1. The SMILES string of the molecule is CC(=O)c1ccc(S(=O)(=O)N(C)CCCC(=O)Nc2ccc(C(C)(C)C#N)cc2)cc1. The van der Waals surface area contributed by atoms with E-state index in [1.165, 1.54) is 42.5 Å². The second-order valence-corrected chi connectivity index (χ2v) is 9.92. The number of hydrogen-bond donors (Lipinski definition) is 1. The predicted molar refractivity (Wildman–Crippen MR) is 119 cm³/mol. The van der Waals surface area contributed by atoms with E-state index in [-0.39, 0.29) is 29.6 Å². The highest BCUT2D eigenvalue weighted by atomic mass is 32.2. The van der Waals surface area contributed by atoms with Crippen LogP contribution in [0.15, 0.2) is 53.4 Å². The summed E-state index contributed by atoms with van der Waals surface area (Å²) in [6, 6.07) is 15.1. The number of rotatable bonds is 9. The van der Waals surface area contributed by atoms with Crippen LogP contribution in [-0.4, -0.2) is 38.0 Å². The fraction of sp³-hybridized carbons (Fsp3) is 0.348. The number of sulfonamides is 1. The fourth-order valence-corrected chi connectivity index (χ4v) is 4.09. The molecule has 7 nitrogen and oxygen atoms in total. The molecule has 0 fully saturated rings. The lowest BCUT2D eigenvalue weighted by atomic mass is 9.86. The van der Waals surface area contributed by atoms with Gasteiger partial charge in [-0.15, -0.1) is 0 Å². The van der Waals surface area contributed by atoms with Crippen LogP contribution in [0.2, 0.25) is 0 Å². The first kappa shape index (κ1) is 24.3. The Kier molecular flexibility index (Phi) is 7.71. The van der Waals surface area contributed by atoms with Gasteiger partial charge in [0.1, 0.15) is 0 Å². The Morgan fingerprint density at radius 1 is 1.06 bits per heavy atom. The second kappa shape index (κ2) is 9.86. The van der Waals surface area contributed by atoms with Crippen LogP contribution in [0.1, 0.15) is 49.5 Å². The minimum Gasteiger partial charge on any atom is -0.326 e. The van der Waals surface area contributed by atoms with Crippen molar-refractivity contribution in [1.82, 2.24) is 4.31 Å². The first-order valence-corrected chi connectivity index (χ1v) is 11.3. The number of carbonyl (C=O) groups is 2. The third-order valence-corrected chi connectivity index (χ3v) is 6.89. The molecule has 0 radical (unpaired) electrons. The molecular weight excluding hydrogens is 414 g/mol. The maximum Gasteiger partial charge on any atom is 0.242 e. The number of Topliss-reactive ketones (excluding diaryl/α,β-unsaturated/α-hetero) is 1. The van der Waals surface area contributed by atoms with E-state index in [0.29, 0.717) is 17.7 Å². The molecule has 0 heterocycles. The van der Waals surface area contributed by atoms with Gasteiger partial charge in [0.25, 0.3) is 0 Å². The van der Waals surface area contributed by atoms with Crippen molar-refractivity contribution in [2.45, 2.75) is 43.9 Å². The van der Waals surface area contributed by atoms with Gasteiger partial charge in [-0.25, -0.2) is 12.7 Å². The highest BCUT2D eigenvalue weighted by molar-refractivity contribution is 7.89. The second-order valence-electron chi connectivity index (χ2n) is 7.87. The molecule has 0 saturated carbocycles. The number of hydrogen-bond acceptors (Lipinski definition) is 5. The van der Waals surface area contributed by atoms with E-state index >= 15 is 0 Å². The number of ketones is 1. The van der Waals surface area contributed by atoms with Crippen molar-refractivity contribution in [3.8, 4) is 6.07 Å². The summed E-state index contributed by atoms with van der Waals surface area (Å²) < 4.78 is 26.5. The zero-order chi connectivity index (χ0) is 23.2. The van der Waals surface area contributed by atoms with E-state index in [9.17, 15) is 23.3 Å². The Morgan fingerprint density at radius 2 is 1.65 bits per heavy atom.